The molecule has 2 aromatic carbocycles. The summed E-state index contributed by atoms with van der Waals surface area (Å²) >= 11 is -1.10. The van der Waals surface area contributed by atoms with Gasteiger partial charge in [0.2, 0.25) is 0 Å². The van der Waals surface area contributed by atoms with Crippen LogP contribution in [-0.4, -0.2) is 35.0 Å². The fourth-order valence-electron chi connectivity index (χ4n) is 2.93. The molecule has 126 valence electrons. The lowest BCUT2D eigenvalue weighted by Gasteiger charge is -2.19. The summed E-state index contributed by atoms with van der Waals surface area (Å²) in [6.07, 6.45) is 0.945. The van der Waals surface area contributed by atoms with Crippen molar-refractivity contribution in [2.24, 2.45) is 0 Å². The number of anilines is 1. The van der Waals surface area contributed by atoms with Gasteiger partial charge in [-0.2, -0.15) is 0 Å². The molecule has 0 saturated carbocycles. The van der Waals surface area contributed by atoms with Crippen LogP contribution < -0.4 is 10.1 Å². The Morgan fingerprint density at radius 3 is 2.58 bits per heavy atom. The van der Waals surface area contributed by atoms with E-state index in [1.807, 2.05) is 30.3 Å². The Morgan fingerprint density at radius 1 is 1.25 bits per heavy atom. The number of methoxy groups -OCH3 is 1. The molecule has 1 aliphatic rings. The number of hydrogen-bond donors (Lipinski definition) is 2. The molecule has 1 unspecified atom stereocenters. The molecule has 0 radical (unpaired) electrons. The molecule has 1 amide bonds. The van der Waals surface area contributed by atoms with E-state index in [0.29, 0.717) is 17.0 Å². The molecule has 0 bridgehead atoms. The molecule has 2 N–H and O–H groups in total. The number of carbonyl (C=O) groups is 1. The van der Waals surface area contributed by atoms with Gasteiger partial charge in [-0.3, -0.25) is 4.79 Å². The van der Waals surface area contributed by atoms with Gasteiger partial charge < -0.3 is 19.7 Å². The molecule has 3 atom stereocenters. The number of carbonyl (C=O) groups excluding carboxylic acids is 1. The van der Waals surface area contributed by atoms with Crippen molar-refractivity contribution in [3.63, 3.8) is 0 Å². The molecule has 0 aromatic heterocycles. The largest absolute Gasteiger partial charge is 0.612 e. The molecule has 0 saturated heterocycles. The van der Waals surface area contributed by atoms with Gasteiger partial charge in [-0.05, 0) is 59.1 Å². The number of benzene rings is 2. The number of rotatable bonds is 3. The molecule has 0 spiro atoms. The first kappa shape index (κ1) is 16.8. The second-order valence-corrected chi connectivity index (χ2v) is 7.17. The van der Waals surface area contributed by atoms with E-state index in [2.05, 4.69) is 5.32 Å². The predicted octanol–water partition coefficient (Wildman–Crippen LogP) is 2.07. The van der Waals surface area contributed by atoms with E-state index in [-0.39, 0.29) is 5.92 Å². The van der Waals surface area contributed by atoms with E-state index < -0.39 is 23.2 Å². The second kappa shape index (κ2) is 6.84. The van der Waals surface area contributed by atoms with Crippen LogP contribution in [0.1, 0.15) is 17.0 Å². The Balaban J connectivity index is 1.99. The maximum absolute atomic E-state index is 12.3. The zero-order chi connectivity index (χ0) is 17.3. The van der Waals surface area contributed by atoms with E-state index in [1.54, 1.807) is 25.5 Å². The van der Waals surface area contributed by atoms with Crippen molar-refractivity contribution in [1.29, 1.82) is 0 Å². The van der Waals surface area contributed by atoms with Crippen LogP contribution in [0, 0.1) is 0 Å². The van der Waals surface area contributed by atoms with Crippen LogP contribution in [0.25, 0.3) is 0 Å². The average Bonchev–Trinajstić information content (AvgIpc) is 2.71. The zero-order valence-electron chi connectivity index (χ0n) is 13.5. The molecule has 1 aliphatic heterocycles. The van der Waals surface area contributed by atoms with Crippen LogP contribution in [0.15, 0.2) is 47.4 Å². The zero-order valence-corrected chi connectivity index (χ0v) is 14.3. The second-order valence-electron chi connectivity index (χ2n) is 5.79. The van der Waals surface area contributed by atoms with Gasteiger partial charge in [0, 0.05) is 11.6 Å². The fourth-order valence-corrected chi connectivity index (χ4v) is 3.50. The van der Waals surface area contributed by atoms with E-state index in [0.717, 1.165) is 16.9 Å². The molecule has 5 nitrogen and oxygen atoms in total. The van der Waals surface area contributed by atoms with E-state index in [1.165, 1.54) is 0 Å². The normalized spacial score (nSPS) is 21.4. The Kier molecular flexibility index (Phi) is 4.80. The topological polar surface area (TPSA) is 81.6 Å². The summed E-state index contributed by atoms with van der Waals surface area (Å²) in [4.78, 5) is 13.0. The first-order valence-electron chi connectivity index (χ1n) is 7.59. The van der Waals surface area contributed by atoms with Gasteiger partial charge in [-0.25, -0.2) is 0 Å². The standard InChI is InChI=1S/C18H19NO4S/c1-23-13-5-3-11(4-6-13)15-10-12-9-14(24(2)22)7-8-16(12)19-18(21)17(15)20/h3-9,15,17,20H,10H2,1-2H3,(H,19,21)/t15-,17+,24?/m1/s1. The van der Waals surface area contributed by atoms with Crippen molar-refractivity contribution in [2.75, 3.05) is 18.7 Å². The highest BCUT2D eigenvalue weighted by molar-refractivity contribution is 7.90. The molecular weight excluding hydrogens is 326 g/mol. The van der Waals surface area contributed by atoms with Crippen molar-refractivity contribution in [2.45, 2.75) is 23.3 Å². The third kappa shape index (κ3) is 3.26. The lowest BCUT2D eigenvalue weighted by Crippen LogP contribution is -2.31. The van der Waals surface area contributed by atoms with Gasteiger partial charge in [-0.15, -0.1) is 0 Å². The molecular formula is C18H19NO4S. The van der Waals surface area contributed by atoms with Gasteiger partial charge in [0.15, 0.2) is 4.90 Å². The van der Waals surface area contributed by atoms with Gasteiger partial charge in [0.05, 0.1) is 7.11 Å². The van der Waals surface area contributed by atoms with Crippen LogP contribution in [0.5, 0.6) is 5.75 Å². The summed E-state index contributed by atoms with van der Waals surface area (Å²) in [5.41, 5.74) is 2.38. The Bertz CT molecular complexity index is 745. The van der Waals surface area contributed by atoms with E-state index in [4.69, 9.17) is 4.74 Å². The minimum Gasteiger partial charge on any atom is -0.612 e. The highest BCUT2D eigenvalue weighted by atomic mass is 32.2. The van der Waals surface area contributed by atoms with Crippen molar-refractivity contribution in [3.8, 4) is 5.75 Å². The third-order valence-corrected chi connectivity index (χ3v) is 5.22. The first-order valence-corrected chi connectivity index (χ1v) is 9.14. The van der Waals surface area contributed by atoms with Crippen molar-refractivity contribution >= 4 is 22.8 Å². The summed E-state index contributed by atoms with van der Waals surface area (Å²) in [6, 6.07) is 12.6. The number of ether oxygens (including phenoxy) is 1. The van der Waals surface area contributed by atoms with Crippen LogP contribution in [-0.2, 0) is 22.4 Å². The van der Waals surface area contributed by atoms with Gasteiger partial charge in [-0.1, -0.05) is 12.1 Å². The van der Waals surface area contributed by atoms with Crippen LogP contribution >= 0.6 is 0 Å². The molecule has 6 heteroatoms. The fraction of sp³-hybridized carbons (Fsp3) is 0.278. The minimum absolute atomic E-state index is 0.377. The van der Waals surface area contributed by atoms with E-state index >= 15 is 0 Å². The smallest absolute Gasteiger partial charge is 0.253 e. The summed E-state index contributed by atoms with van der Waals surface area (Å²) in [6.45, 7) is 0. The first-order chi connectivity index (χ1) is 11.5. The summed E-state index contributed by atoms with van der Waals surface area (Å²) in [7, 11) is 1.59. The monoisotopic (exact) mass is 345 g/mol. The molecule has 1 heterocycles. The van der Waals surface area contributed by atoms with Crippen LogP contribution in [0.2, 0.25) is 0 Å². The molecule has 0 aliphatic carbocycles. The molecule has 3 rings (SSSR count). The number of nitrogens with one attached hydrogen (secondary N) is 1. The highest BCUT2D eigenvalue weighted by Gasteiger charge is 2.32. The molecule has 0 fully saturated rings. The van der Waals surface area contributed by atoms with Crippen LogP contribution in [0.3, 0.4) is 0 Å². The van der Waals surface area contributed by atoms with Gasteiger partial charge in [0.25, 0.3) is 5.91 Å². The highest BCUT2D eigenvalue weighted by Crippen LogP contribution is 2.33. The van der Waals surface area contributed by atoms with E-state index in [9.17, 15) is 14.5 Å². The number of aliphatic hydroxyl groups is 1. The maximum Gasteiger partial charge on any atom is 0.253 e. The van der Waals surface area contributed by atoms with Crippen molar-refractivity contribution < 1.29 is 19.2 Å². The van der Waals surface area contributed by atoms with Crippen molar-refractivity contribution in [1.82, 2.24) is 0 Å². The number of amides is 1. The van der Waals surface area contributed by atoms with Crippen molar-refractivity contribution in [3.05, 3.63) is 53.6 Å². The van der Waals surface area contributed by atoms with Gasteiger partial charge >= 0.3 is 0 Å². The molecule has 24 heavy (non-hydrogen) atoms. The SMILES string of the molecule is COc1ccc([C@H]2Cc3cc([S+](C)[O-])ccc3NC(=O)[C@H]2O)cc1. The maximum atomic E-state index is 12.3. The van der Waals surface area contributed by atoms with Gasteiger partial charge in [0.1, 0.15) is 18.1 Å². The predicted molar refractivity (Wildman–Crippen MR) is 92.8 cm³/mol. The number of aliphatic hydroxyl groups excluding tert-OH is 1. The Labute approximate surface area is 143 Å². The lowest BCUT2D eigenvalue weighted by atomic mass is 9.88. The Hall–Kier alpha value is -2.02. The summed E-state index contributed by atoms with van der Waals surface area (Å²) < 4.78 is 16.9. The minimum atomic E-state index is -1.15. The summed E-state index contributed by atoms with van der Waals surface area (Å²) in [5.74, 6) is -0.0898. The Morgan fingerprint density at radius 2 is 1.96 bits per heavy atom. The number of fused-ring (bicyclic) bond motifs is 1. The lowest BCUT2D eigenvalue weighted by molar-refractivity contribution is -0.124. The average molecular weight is 345 g/mol. The quantitative estimate of drug-likeness (QED) is 0.835. The molecule has 2 aromatic rings. The van der Waals surface area contributed by atoms with Crippen LogP contribution in [0.4, 0.5) is 5.69 Å². The summed E-state index contributed by atoms with van der Waals surface area (Å²) in [5, 5.41) is 13.2. The number of hydrogen-bond acceptors (Lipinski definition) is 4. The third-order valence-electron chi connectivity index (χ3n) is 4.30.